The van der Waals surface area contributed by atoms with E-state index in [1.807, 2.05) is 12.1 Å². The number of hydrogen-bond acceptors (Lipinski definition) is 0. The molecular formula is C8H11BrN+. The summed E-state index contributed by atoms with van der Waals surface area (Å²) in [6, 6.07) is 6.16. The number of halogens is 1. The molecule has 1 aromatic carbocycles. The third-order valence-electron chi connectivity index (χ3n) is 1.55. The molecule has 54 valence electrons. The van der Waals surface area contributed by atoms with Gasteiger partial charge in [0.1, 0.15) is 5.69 Å². The smallest absolute Gasteiger partial charge is 0.131 e. The van der Waals surface area contributed by atoms with Crippen molar-refractivity contribution in [2.24, 2.45) is 0 Å². The van der Waals surface area contributed by atoms with Gasteiger partial charge in [0.25, 0.3) is 0 Å². The molecular weight excluding hydrogens is 190 g/mol. The highest BCUT2D eigenvalue weighted by Crippen LogP contribution is 2.17. The van der Waals surface area contributed by atoms with Crippen molar-refractivity contribution in [1.82, 2.24) is 0 Å². The van der Waals surface area contributed by atoms with Crippen LogP contribution < -0.4 is 5.73 Å². The summed E-state index contributed by atoms with van der Waals surface area (Å²) in [5, 5.41) is 0. The normalized spacial score (nSPS) is 9.90. The van der Waals surface area contributed by atoms with Crippen molar-refractivity contribution in [2.75, 3.05) is 0 Å². The minimum Gasteiger partial charge on any atom is -0.325 e. The van der Waals surface area contributed by atoms with E-state index in [1.54, 1.807) is 0 Å². The molecule has 0 bridgehead atoms. The second kappa shape index (κ2) is 3.17. The van der Waals surface area contributed by atoms with Crippen LogP contribution >= 0.6 is 15.9 Å². The molecule has 0 fully saturated rings. The Morgan fingerprint density at radius 1 is 1.50 bits per heavy atom. The number of benzene rings is 1. The van der Waals surface area contributed by atoms with Gasteiger partial charge in [0, 0.05) is 16.1 Å². The molecule has 0 atom stereocenters. The third-order valence-corrected chi connectivity index (χ3v) is 2.04. The highest BCUT2D eigenvalue weighted by atomic mass is 79.9. The van der Waals surface area contributed by atoms with E-state index in [2.05, 4.69) is 34.7 Å². The molecule has 1 nitrogen and oxygen atoms in total. The molecule has 0 aromatic heterocycles. The molecule has 1 aromatic rings. The van der Waals surface area contributed by atoms with Crippen LogP contribution in [-0.4, -0.2) is 0 Å². The van der Waals surface area contributed by atoms with Crippen LogP contribution in [-0.2, 0) is 6.42 Å². The van der Waals surface area contributed by atoms with Gasteiger partial charge in [-0.1, -0.05) is 22.9 Å². The summed E-state index contributed by atoms with van der Waals surface area (Å²) in [7, 11) is 0. The average Bonchev–Trinajstić information content (AvgIpc) is 1.94. The van der Waals surface area contributed by atoms with Crippen LogP contribution in [0.4, 0.5) is 5.69 Å². The number of aryl methyl sites for hydroxylation is 1. The highest BCUT2D eigenvalue weighted by Gasteiger charge is 1.98. The predicted octanol–water partition coefficient (Wildman–Crippen LogP) is 1.88. The summed E-state index contributed by atoms with van der Waals surface area (Å²) >= 11 is 3.41. The minimum atomic E-state index is 1.05. The summed E-state index contributed by atoms with van der Waals surface area (Å²) in [6.07, 6.45) is 1.05. The van der Waals surface area contributed by atoms with Gasteiger partial charge in [-0.2, -0.15) is 0 Å². The monoisotopic (exact) mass is 200 g/mol. The largest absolute Gasteiger partial charge is 0.325 e. The van der Waals surface area contributed by atoms with Crippen molar-refractivity contribution in [3.8, 4) is 0 Å². The van der Waals surface area contributed by atoms with Gasteiger partial charge >= 0.3 is 0 Å². The molecule has 0 spiro atoms. The van der Waals surface area contributed by atoms with E-state index < -0.39 is 0 Å². The summed E-state index contributed by atoms with van der Waals surface area (Å²) in [6.45, 7) is 2.14. The Bertz CT molecular complexity index is 233. The van der Waals surface area contributed by atoms with Crippen LogP contribution in [0, 0.1) is 0 Å². The lowest BCUT2D eigenvalue weighted by Gasteiger charge is -1.97. The first-order valence-electron chi connectivity index (χ1n) is 3.34. The summed E-state index contributed by atoms with van der Waals surface area (Å²) in [5.41, 5.74) is 6.36. The summed E-state index contributed by atoms with van der Waals surface area (Å²) < 4.78 is 1.14. The molecule has 0 saturated heterocycles. The Morgan fingerprint density at radius 2 is 2.20 bits per heavy atom. The quantitative estimate of drug-likeness (QED) is 0.718. The number of rotatable bonds is 1. The van der Waals surface area contributed by atoms with Crippen LogP contribution in [0.2, 0.25) is 0 Å². The van der Waals surface area contributed by atoms with Crippen LogP contribution in [0.5, 0.6) is 0 Å². The molecule has 0 amide bonds. The molecule has 10 heavy (non-hydrogen) atoms. The van der Waals surface area contributed by atoms with Gasteiger partial charge in [-0.25, -0.2) is 0 Å². The third kappa shape index (κ3) is 1.58. The van der Waals surface area contributed by atoms with E-state index in [1.165, 1.54) is 5.56 Å². The zero-order valence-corrected chi connectivity index (χ0v) is 7.61. The van der Waals surface area contributed by atoms with Crippen molar-refractivity contribution < 1.29 is 5.73 Å². The van der Waals surface area contributed by atoms with Crippen molar-refractivity contribution >= 4 is 21.6 Å². The van der Waals surface area contributed by atoms with Crippen LogP contribution in [0.1, 0.15) is 12.5 Å². The van der Waals surface area contributed by atoms with E-state index in [9.17, 15) is 0 Å². The fraction of sp³-hybridized carbons (Fsp3) is 0.250. The molecule has 0 aliphatic carbocycles. The lowest BCUT2D eigenvalue weighted by molar-refractivity contribution is -0.255. The van der Waals surface area contributed by atoms with Gasteiger partial charge in [0.15, 0.2) is 0 Å². The SMILES string of the molecule is CCc1cc(Br)ccc1[NH3+]. The van der Waals surface area contributed by atoms with E-state index >= 15 is 0 Å². The Morgan fingerprint density at radius 3 is 2.70 bits per heavy atom. The molecule has 0 aliphatic heterocycles. The fourth-order valence-electron chi connectivity index (χ4n) is 0.924. The zero-order chi connectivity index (χ0) is 7.56. The predicted molar refractivity (Wildman–Crippen MR) is 46.1 cm³/mol. The number of quaternary nitrogens is 1. The van der Waals surface area contributed by atoms with Gasteiger partial charge in [-0.3, -0.25) is 0 Å². The maximum Gasteiger partial charge on any atom is 0.131 e. The second-order valence-electron chi connectivity index (χ2n) is 2.27. The standard InChI is InChI=1S/C8H10BrN/c1-2-6-5-7(9)3-4-8(6)10/h3-5H,2,10H2,1H3/p+1. The summed E-state index contributed by atoms with van der Waals surface area (Å²) in [4.78, 5) is 0. The van der Waals surface area contributed by atoms with E-state index in [4.69, 9.17) is 0 Å². The molecule has 0 unspecified atom stereocenters. The Labute approximate surface area is 69.4 Å². The van der Waals surface area contributed by atoms with Crippen molar-refractivity contribution in [3.05, 3.63) is 28.2 Å². The van der Waals surface area contributed by atoms with Gasteiger partial charge in [-0.15, -0.1) is 0 Å². The van der Waals surface area contributed by atoms with Crippen LogP contribution in [0.3, 0.4) is 0 Å². The summed E-state index contributed by atoms with van der Waals surface area (Å²) in [5.74, 6) is 0. The minimum absolute atomic E-state index is 1.05. The first-order chi connectivity index (χ1) is 4.74. The first-order valence-corrected chi connectivity index (χ1v) is 4.13. The number of hydrogen-bond donors (Lipinski definition) is 1. The lowest BCUT2D eigenvalue weighted by Crippen LogP contribution is -2.41. The Kier molecular flexibility index (Phi) is 2.46. The molecule has 0 heterocycles. The van der Waals surface area contributed by atoms with Gasteiger partial charge < -0.3 is 5.73 Å². The molecule has 0 radical (unpaired) electrons. The van der Waals surface area contributed by atoms with Gasteiger partial charge in [0.2, 0.25) is 0 Å². The average molecular weight is 201 g/mol. The molecule has 1 rings (SSSR count). The maximum absolute atomic E-state index is 3.91. The van der Waals surface area contributed by atoms with Crippen molar-refractivity contribution in [1.29, 1.82) is 0 Å². The highest BCUT2D eigenvalue weighted by molar-refractivity contribution is 9.10. The van der Waals surface area contributed by atoms with Crippen LogP contribution in [0.15, 0.2) is 22.7 Å². The molecule has 0 saturated carbocycles. The van der Waals surface area contributed by atoms with Crippen molar-refractivity contribution in [3.63, 3.8) is 0 Å². The van der Waals surface area contributed by atoms with Crippen molar-refractivity contribution in [2.45, 2.75) is 13.3 Å². The second-order valence-corrected chi connectivity index (χ2v) is 3.18. The Hall–Kier alpha value is -0.340. The van der Waals surface area contributed by atoms with E-state index in [-0.39, 0.29) is 0 Å². The van der Waals surface area contributed by atoms with E-state index in [0.29, 0.717) is 0 Å². The topological polar surface area (TPSA) is 27.6 Å². The first kappa shape index (κ1) is 7.76. The molecule has 2 heteroatoms. The zero-order valence-electron chi connectivity index (χ0n) is 6.02. The van der Waals surface area contributed by atoms with Crippen LogP contribution in [0.25, 0.3) is 0 Å². The van der Waals surface area contributed by atoms with Gasteiger partial charge in [0.05, 0.1) is 0 Å². The van der Waals surface area contributed by atoms with E-state index in [0.717, 1.165) is 16.6 Å². The Balaban J connectivity index is 3.09. The molecule has 3 N–H and O–H groups in total. The van der Waals surface area contributed by atoms with Gasteiger partial charge in [-0.05, 0) is 18.6 Å². The maximum atomic E-state index is 3.91. The fourth-order valence-corrected chi connectivity index (χ4v) is 1.33. The lowest BCUT2D eigenvalue weighted by atomic mass is 10.1. The molecule has 0 aliphatic rings.